The van der Waals surface area contributed by atoms with Gasteiger partial charge in [-0.1, -0.05) is 0 Å². The molecule has 0 saturated heterocycles. The Bertz CT molecular complexity index is 546. The maximum absolute atomic E-state index is 11.9. The Morgan fingerprint density at radius 3 is 2.65 bits per heavy atom. The smallest absolute Gasteiger partial charge is 0.241 e. The monoisotopic (exact) mass is 254 g/mol. The second-order valence-corrected chi connectivity index (χ2v) is 5.48. The number of benzene rings is 1. The van der Waals surface area contributed by atoms with Gasteiger partial charge >= 0.3 is 0 Å². The Balaban J connectivity index is 3.13. The Hall–Kier alpha value is -1.42. The molecule has 5 nitrogen and oxygen atoms in total. The third-order valence-electron chi connectivity index (χ3n) is 2.22. The number of rotatable bonds is 4. The summed E-state index contributed by atoms with van der Waals surface area (Å²) in [4.78, 5) is 0.122. The van der Waals surface area contributed by atoms with Crippen molar-refractivity contribution >= 4 is 10.0 Å². The summed E-state index contributed by atoms with van der Waals surface area (Å²) < 4.78 is 26.2. The molecule has 0 amide bonds. The van der Waals surface area contributed by atoms with Crippen LogP contribution in [0.3, 0.4) is 0 Å². The first kappa shape index (κ1) is 13.6. The number of hydrogen-bond donors (Lipinski definition) is 2. The summed E-state index contributed by atoms with van der Waals surface area (Å²) in [6, 6.07) is 5.75. The standard InChI is InChI=1S/C11H14N2O3S/c1-8-5-10(6-12)3-4-11(8)17(15,16)13-9(2)7-14/h3-5,9,13-14H,7H2,1-2H3/t9-/m1/s1. The molecule has 2 N–H and O–H groups in total. The first-order chi connectivity index (χ1) is 7.90. The van der Waals surface area contributed by atoms with E-state index in [-0.39, 0.29) is 11.5 Å². The normalized spacial score (nSPS) is 13.1. The summed E-state index contributed by atoms with van der Waals surface area (Å²) in [5.41, 5.74) is 0.915. The van der Waals surface area contributed by atoms with Crippen LogP contribution >= 0.6 is 0 Å². The van der Waals surface area contributed by atoms with Gasteiger partial charge in [-0.05, 0) is 37.6 Å². The highest BCUT2D eigenvalue weighted by molar-refractivity contribution is 7.89. The van der Waals surface area contributed by atoms with E-state index in [1.807, 2.05) is 6.07 Å². The van der Waals surface area contributed by atoms with Crippen LogP contribution in [0.5, 0.6) is 0 Å². The van der Waals surface area contributed by atoms with E-state index < -0.39 is 16.1 Å². The molecule has 0 aromatic heterocycles. The number of aliphatic hydroxyl groups excluding tert-OH is 1. The predicted molar refractivity (Wildman–Crippen MR) is 62.8 cm³/mol. The fraction of sp³-hybridized carbons (Fsp3) is 0.364. The topological polar surface area (TPSA) is 90.2 Å². The zero-order valence-corrected chi connectivity index (χ0v) is 10.5. The molecule has 0 unspecified atom stereocenters. The third kappa shape index (κ3) is 3.27. The van der Waals surface area contributed by atoms with Gasteiger partial charge in [0.05, 0.1) is 23.1 Å². The van der Waals surface area contributed by atoms with Crippen LogP contribution in [-0.2, 0) is 10.0 Å². The van der Waals surface area contributed by atoms with Gasteiger partial charge < -0.3 is 5.11 Å². The minimum absolute atomic E-state index is 0.122. The van der Waals surface area contributed by atoms with Crippen molar-refractivity contribution in [3.63, 3.8) is 0 Å². The zero-order chi connectivity index (χ0) is 13.1. The maximum Gasteiger partial charge on any atom is 0.241 e. The van der Waals surface area contributed by atoms with E-state index in [1.54, 1.807) is 13.8 Å². The van der Waals surface area contributed by atoms with Crippen LogP contribution in [0.1, 0.15) is 18.1 Å². The minimum Gasteiger partial charge on any atom is -0.395 e. The summed E-state index contributed by atoms with van der Waals surface area (Å²) in [7, 11) is -3.65. The van der Waals surface area contributed by atoms with Crippen molar-refractivity contribution in [1.29, 1.82) is 5.26 Å². The lowest BCUT2D eigenvalue weighted by atomic mass is 10.2. The highest BCUT2D eigenvalue weighted by Gasteiger charge is 2.19. The van der Waals surface area contributed by atoms with E-state index in [4.69, 9.17) is 10.4 Å². The number of aliphatic hydroxyl groups is 1. The maximum atomic E-state index is 11.9. The van der Waals surface area contributed by atoms with E-state index in [0.29, 0.717) is 11.1 Å². The van der Waals surface area contributed by atoms with Gasteiger partial charge in [0.1, 0.15) is 0 Å². The molecular formula is C11H14N2O3S. The van der Waals surface area contributed by atoms with E-state index >= 15 is 0 Å². The van der Waals surface area contributed by atoms with Crippen LogP contribution in [-0.4, -0.2) is 26.2 Å². The molecule has 92 valence electrons. The summed E-state index contributed by atoms with van der Waals surface area (Å²) in [5, 5.41) is 17.5. The molecule has 0 aliphatic carbocycles. The molecule has 0 fully saturated rings. The Kier molecular flexibility index (Phi) is 4.23. The highest BCUT2D eigenvalue weighted by atomic mass is 32.2. The molecule has 0 heterocycles. The van der Waals surface area contributed by atoms with Gasteiger partial charge in [-0.15, -0.1) is 0 Å². The van der Waals surface area contributed by atoms with Crippen LogP contribution in [0.15, 0.2) is 23.1 Å². The lowest BCUT2D eigenvalue weighted by molar-refractivity contribution is 0.265. The second-order valence-electron chi connectivity index (χ2n) is 3.80. The molecule has 0 bridgehead atoms. The molecule has 1 aromatic rings. The van der Waals surface area contributed by atoms with Gasteiger partial charge in [0.2, 0.25) is 10.0 Å². The van der Waals surface area contributed by atoms with Gasteiger partial charge in [-0.3, -0.25) is 0 Å². The Morgan fingerprint density at radius 1 is 1.53 bits per heavy atom. The molecule has 17 heavy (non-hydrogen) atoms. The van der Waals surface area contributed by atoms with Gasteiger partial charge in [0, 0.05) is 6.04 Å². The van der Waals surface area contributed by atoms with Crippen molar-refractivity contribution in [3.8, 4) is 6.07 Å². The average Bonchev–Trinajstić information content (AvgIpc) is 2.27. The molecule has 0 saturated carbocycles. The fourth-order valence-electron chi connectivity index (χ4n) is 1.39. The molecule has 0 radical (unpaired) electrons. The van der Waals surface area contributed by atoms with Crippen molar-refractivity contribution in [1.82, 2.24) is 4.72 Å². The first-order valence-electron chi connectivity index (χ1n) is 5.04. The Labute approximate surface area is 101 Å². The number of nitrogens with zero attached hydrogens (tertiary/aromatic N) is 1. The van der Waals surface area contributed by atoms with Gasteiger partial charge in [0.25, 0.3) is 0 Å². The summed E-state index contributed by atoms with van der Waals surface area (Å²) >= 11 is 0. The van der Waals surface area contributed by atoms with Gasteiger partial charge in [-0.2, -0.15) is 5.26 Å². The average molecular weight is 254 g/mol. The molecule has 0 aliphatic heterocycles. The quantitative estimate of drug-likeness (QED) is 0.820. The summed E-state index contributed by atoms with van der Waals surface area (Å²) in [6.45, 7) is 2.92. The van der Waals surface area contributed by atoms with Crippen LogP contribution in [0, 0.1) is 18.3 Å². The molecule has 0 aliphatic rings. The van der Waals surface area contributed by atoms with E-state index in [0.717, 1.165) is 0 Å². The van der Waals surface area contributed by atoms with Crippen LogP contribution in [0.4, 0.5) is 0 Å². The van der Waals surface area contributed by atoms with Crippen molar-refractivity contribution in [2.24, 2.45) is 0 Å². The molecule has 0 spiro atoms. The number of aryl methyl sites for hydroxylation is 1. The molecule has 1 atom stereocenters. The van der Waals surface area contributed by atoms with E-state index in [1.165, 1.54) is 18.2 Å². The molecule has 1 rings (SSSR count). The lowest BCUT2D eigenvalue weighted by Crippen LogP contribution is -2.35. The number of sulfonamides is 1. The number of nitriles is 1. The third-order valence-corrected chi connectivity index (χ3v) is 3.97. The summed E-state index contributed by atoms with van der Waals surface area (Å²) in [5.74, 6) is 0. The minimum atomic E-state index is -3.65. The second kappa shape index (κ2) is 5.27. The number of nitrogens with one attached hydrogen (secondary N) is 1. The van der Waals surface area contributed by atoms with Crippen LogP contribution in [0.25, 0.3) is 0 Å². The first-order valence-corrected chi connectivity index (χ1v) is 6.53. The fourth-order valence-corrected chi connectivity index (χ4v) is 2.85. The van der Waals surface area contributed by atoms with E-state index in [2.05, 4.69) is 4.72 Å². The molecular weight excluding hydrogens is 240 g/mol. The van der Waals surface area contributed by atoms with Gasteiger partial charge in [-0.25, -0.2) is 13.1 Å². The Morgan fingerprint density at radius 2 is 2.18 bits per heavy atom. The summed E-state index contributed by atoms with van der Waals surface area (Å²) in [6.07, 6.45) is 0. The molecule has 6 heteroatoms. The molecule has 1 aromatic carbocycles. The zero-order valence-electron chi connectivity index (χ0n) is 9.64. The number of hydrogen-bond acceptors (Lipinski definition) is 4. The van der Waals surface area contributed by atoms with Crippen molar-refractivity contribution in [3.05, 3.63) is 29.3 Å². The van der Waals surface area contributed by atoms with Crippen molar-refractivity contribution < 1.29 is 13.5 Å². The van der Waals surface area contributed by atoms with Crippen LogP contribution in [0.2, 0.25) is 0 Å². The predicted octanol–water partition coefficient (Wildman–Crippen LogP) is 0.526. The largest absolute Gasteiger partial charge is 0.395 e. The van der Waals surface area contributed by atoms with Crippen molar-refractivity contribution in [2.75, 3.05) is 6.61 Å². The highest BCUT2D eigenvalue weighted by Crippen LogP contribution is 2.16. The lowest BCUT2D eigenvalue weighted by Gasteiger charge is -2.13. The van der Waals surface area contributed by atoms with Crippen LogP contribution < -0.4 is 4.72 Å². The van der Waals surface area contributed by atoms with Gasteiger partial charge in [0.15, 0.2) is 0 Å². The van der Waals surface area contributed by atoms with E-state index in [9.17, 15) is 8.42 Å². The SMILES string of the molecule is Cc1cc(C#N)ccc1S(=O)(=O)N[C@H](C)CO. The van der Waals surface area contributed by atoms with Crippen molar-refractivity contribution in [2.45, 2.75) is 24.8 Å².